The van der Waals surface area contributed by atoms with Crippen molar-refractivity contribution < 1.29 is 13.9 Å². The molecule has 4 rings (SSSR count). The summed E-state index contributed by atoms with van der Waals surface area (Å²) in [4.78, 5) is 18.3. The molecule has 0 bridgehead atoms. The molecule has 31 heavy (non-hydrogen) atoms. The Bertz CT molecular complexity index is 949. The summed E-state index contributed by atoms with van der Waals surface area (Å²) in [5, 5.41) is 6.62. The van der Waals surface area contributed by atoms with Crippen LogP contribution in [0.2, 0.25) is 0 Å². The molecule has 8 heteroatoms. The summed E-state index contributed by atoms with van der Waals surface area (Å²) < 4.78 is 19.7. The summed E-state index contributed by atoms with van der Waals surface area (Å²) in [5.41, 5.74) is 1.45. The number of fused-ring (bicyclic) bond motifs is 1. The number of carbonyl (C=O) groups excluding carboxylic acids is 1. The number of nitrogens with one attached hydrogen (secondary N) is 2. The zero-order valence-corrected chi connectivity index (χ0v) is 19.9. The summed E-state index contributed by atoms with van der Waals surface area (Å²) in [6, 6.07) is 14.6. The summed E-state index contributed by atoms with van der Waals surface area (Å²) in [5.74, 6) is 1.25. The third kappa shape index (κ3) is 5.28. The highest BCUT2D eigenvalue weighted by Crippen LogP contribution is 2.48. The van der Waals surface area contributed by atoms with Crippen LogP contribution in [-0.4, -0.2) is 45.2 Å². The lowest BCUT2D eigenvalue weighted by Gasteiger charge is -2.29. The second-order valence-corrected chi connectivity index (χ2v) is 7.77. The van der Waals surface area contributed by atoms with Gasteiger partial charge in [-0.15, -0.1) is 24.0 Å². The van der Waals surface area contributed by atoms with E-state index in [0.29, 0.717) is 25.6 Å². The van der Waals surface area contributed by atoms with E-state index in [2.05, 4.69) is 15.6 Å². The van der Waals surface area contributed by atoms with Gasteiger partial charge in [-0.3, -0.25) is 9.79 Å². The van der Waals surface area contributed by atoms with Crippen molar-refractivity contribution in [3.05, 3.63) is 59.9 Å². The maximum Gasteiger partial charge on any atom is 0.265 e. The van der Waals surface area contributed by atoms with E-state index in [1.165, 1.54) is 6.07 Å². The van der Waals surface area contributed by atoms with Crippen molar-refractivity contribution in [2.24, 2.45) is 4.99 Å². The molecule has 0 radical (unpaired) electrons. The molecule has 6 nitrogen and oxygen atoms in total. The molecule has 0 atom stereocenters. The van der Waals surface area contributed by atoms with Gasteiger partial charge in [0.1, 0.15) is 11.6 Å². The highest BCUT2D eigenvalue weighted by molar-refractivity contribution is 14.0. The Morgan fingerprint density at radius 1 is 1.16 bits per heavy atom. The molecule has 0 unspecified atom stereocenters. The number of hydrogen-bond acceptors (Lipinski definition) is 3. The van der Waals surface area contributed by atoms with Gasteiger partial charge < -0.3 is 20.3 Å². The minimum Gasteiger partial charge on any atom is -0.482 e. The third-order valence-electron chi connectivity index (χ3n) is 5.78. The monoisotopic (exact) mass is 538 g/mol. The van der Waals surface area contributed by atoms with Gasteiger partial charge in [-0.1, -0.05) is 30.3 Å². The van der Waals surface area contributed by atoms with Gasteiger partial charge in [0.25, 0.3) is 5.91 Å². The molecule has 2 aromatic rings. The van der Waals surface area contributed by atoms with E-state index in [0.717, 1.165) is 36.3 Å². The van der Waals surface area contributed by atoms with E-state index in [4.69, 9.17) is 4.74 Å². The average Bonchev–Trinajstić information content (AvgIpc) is 3.55. The largest absolute Gasteiger partial charge is 0.482 e. The van der Waals surface area contributed by atoms with Crippen molar-refractivity contribution in [2.75, 3.05) is 38.2 Å². The average molecular weight is 538 g/mol. The fourth-order valence-corrected chi connectivity index (χ4v) is 3.90. The first-order valence-electron chi connectivity index (χ1n) is 10.3. The first-order chi connectivity index (χ1) is 14.6. The fourth-order valence-electron chi connectivity index (χ4n) is 3.90. The van der Waals surface area contributed by atoms with Crippen LogP contribution >= 0.6 is 24.0 Å². The predicted octanol–water partition coefficient (Wildman–Crippen LogP) is 3.46. The number of para-hydroxylation sites is 2. The van der Waals surface area contributed by atoms with Crippen LogP contribution in [0.3, 0.4) is 0 Å². The van der Waals surface area contributed by atoms with Gasteiger partial charge in [-0.25, -0.2) is 4.39 Å². The second-order valence-electron chi connectivity index (χ2n) is 7.77. The number of hydrogen-bond donors (Lipinski definition) is 2. The molecule has 0 spiro atoms. The molecule has 1 amide bonds. The van der Waals surface area contributed by atoms with Crippen LogP contribution in [0.1, 0.15) is 24.8 Å². The standard InChI is InChI=1S/C23H27FN4O2.HI/c1-25-22(27-16-23(11-12-23)17-7-2-3-8-18(17)24)26-13-6-14-28-19-9-4-5-10-20(19)30-15-21(28)29;/h2-5,7-10H,6,11-16H2,1H3,(H2,25,26,27);1H. The summed E-state index contributed by atoms with van der Waals surface area (Å²) >= 11 is 0. The smallest absolute Gasteiger partial charge is 0.265 e. The lowest BCUT2D eigenvalue weighted by atomic mass is 9.95. The van der Waals surface area contributed by atoms with Gasteiger partial charge in [-0.05, 0) is 43.0 Å². The quantitative estimate of drug-likeness (QED) is 0.246. The van der Waals surface area contributed by atoms with Crippen LogP contribution < -0.4 is 20.3 Å². The molecule has 1 saturated carbocycles. The Morgan fingerprint density at radius 2 is 1.90 bits per heavy atom. The number of guanidine groups is 1. The lowest BCUT2D eigenvalue weighted by Crippen LogP contribution is -2.43. The second kappa shape index (κ2) is 10.3. The normalized spacial score (nSPS) is 16.6. The molecule has 0 aromatic heterocycles. The summed E-state index contributed by atoms with van der Waals surface area (Å²) in [7, 11) is 1.72. The van der Waals surface area contributed by atoms with E-state index in [-0.39, 0.29) is 47.7 Å². The Kier molecular flexibility index (Phi) is 7.74. The molecule has 1 fully saturated rings. The van der Waals surface area contributed by atoms with E-state index in [9.17, 15) is 9.18 Å². The highest BCUT2D eigenvalue weighted by atomic mass is 127. The fraction of sp³-hybridized carbons (Fsp3) is 0.391. The van der Waals surface area contributed by atoms with Gasteiger partial charge in [0.2, 0.25) is 0 Å². The van der Waals surface area contributed by atoms with E-state index in [1.807, 2.05) is 36.4 Å². The minimum absolute atomic E-state index is 0. The van der Waals surface area contributed by atoms with Crippen LogP contribution in [0.5, 0.6) is 5.75 Å². The zero-order valence-electron chi connectivity index (χ0n) is 17.6. The molecular weight excluding hydrogens is 510 g/mol. The molecule has 2 N–H and O–H groups in total. The number of ether oxygens (including phenoxy) is 1. The first kappa shape index (κ1) is 23.3. The molecule has 166 valence electrons. The van der Waals surface area contributed by atoms with Crippen molar-refractivity contribution in [1.82, 2.24) is 10.6 Å². The van der Waals surface area contributed by atoms with Crippen LogP contribution in [0.4, 0.5) is 10.1 Å². The van der Waals surface area contributed by atoms with Gasteiger partial charge in [0, 0.05) is 32.1 Å². The van der Waals surface area contributed by atoms with Crippen LogP contribution in [0.25, 0.3) is 0 Å². The van der Waals surface area contributed by atoms with Gasteiger partial charge in [0.05, 0.1) is 5.69 Å². The van der Waals surface area contributed by atoms with Crippen LogP contribution in [-0.2, 0) is 10.2 Å². The van der Waals surface area contributed by atoms with E-state index < -0.39 is 0 Å². The topological polar surface area (TPSA) is 66.0 Å². The molecule has 1 aliphatic carbocycles. The number of nitrogens with zero attached hydrogens (tertiary/aromatic N) is 2. The Hall–Kier alpha value is -2.36. The van der Waals surface area contributed by atoms with Crippen molar-refractivity contribution in [3.63, 3.8) is 0 Å². The van der Waals surface area contributed by atoms with Crippen molar-refractivity contribution in [2.45, 2.75) is 24.7 Å². The third-order valence-corrected chi connectivity index (χ3v) is 5.78. The molecule has 2 aromatic carbocycles. The van der Waals surface area contributed by atoms with E-state index in [1.54, 1.807) is 18.0 Å². The number of amides is 1. The van der Waals surface area contributed by atoms with Gasteiger partial charge in [-0.2, -0.15) is 0 Å². The number of aliphatic imine (C=N–C) groups is 1. The highest BCUT2D eigenvalue weighted by Gasteiger charge is 2.45. The van der Waals surface area contributed by atoms with Gasteiger partial charge in [0.15, 0.2) is 12.6 Å². The molecule has 0 saturated heterocycles. The maximum absolute atomic E-state index is 14.2. The zero-order chi connectivity index (χ0) is 21.0. The lowest BCUT2D eigenvalue weighted by molar-refractivity contribution is -0.121. The van der Waals surface area contributed by atoms with Gasteiger partial charge >= 0.3 is 0 Å². The van der Waals surface area contributed by atoms with Crippen molar-refractivity contribution in [3.8, 4) is 5.75 Å². The number of carbonyl (C=O) groups is 1. The Balaban J connectivity index is 0.00000272. The SMILES string of the molecule is CN=C(NCCCN1C(=O)COc2ccccc21)NCC1(c2ccccc2F)CC1.I. The number of halogens is 2. The van der Waals surface area contributed by atoms with E-state index >= 15 is 0 Å². The number of benzene rings is 2. The molecule has 1 heterocycles. The first-order valence-corrected chi connectivity index (χ1v) is 10.3. The summed E-state index contributed by atoms with van der Waals surface area (Å²) in [6.45, 7) is 1.98. The molecule has 1 aliphatic heterocycles. The van der Waals surface area contributed by atoms with Crippen LogP contribution in [0, 0.1) is 5.82 Å². The molecular formula is C23H28FIN4O2. The maximum atomic E-state index is 14.2. The summed E-state index contributed by atoms with van der Waals surface area (Å²) in [6.07, 6.45) is 2.70. The predicted molar refractivity (Wildman–Crippen MR) is 131 cm³/mol. The molecule has 2 aliphatic rings. The number of anilines is 1. The minimum atomic E-state index is -0.146. The van der Waals surface area contributed by atoms with Crippen molar-refractivity contribution in [1.29, 1.82) is 0 Å². The Morgan fingerprint density at radius 3 is 2.65 bits per heavy atom. The Labute approximate surface area is 199 Å². The van der Waals surface area contributed by atoms with Crippen LogP contribution in [0.15, 0.2) is 53.5 Å². The van der Waals surface area contributed by atoms with Crippen molar-refractivity contribution >= 4 is 41.5 Å². The number of rotatable bonds is 7.